The molecule has 3 heteroatoms. The lowest BCUT2D eigenvalue weighted by molar-refractivity contribution is -0.111. The third kappa shape index (κ3) is 2.82. The van der Waals surface area contributed by atoms with Crippen molar-refractivity contribution in [3.63, 3.8) is 0 Å². The molecular weight excluding hydrogens is 320 g/mol. The maximum absolute atomic E-state index is 12.1. The van der Waals surface area contributed by atoms with Gasteiger partial charge in [-0.25, -0.2) is 0 Å². The quantitative estimate of drug-likeness (QED) is 0.813. The number of benzene rings is 1. The standard InChI is InChI=1S/C23H24N2O/c1-13(2)19-12-22(26)15(4)10-16(19)11-21-23-18(7-8-24-21)17-6-5-14(3)9-20(17)25-23/h5-6,9-13,23H,7-8H2,1-4H3/b16-11-. The van der Waals surface area contributed by atoms with Gasteiger partial charge in [-0.1, -0.05) is 26.0 Å². The number of nitrogens with zero attached hydrogens (tertiary/aromatic N) is 2. The number of fused-ring (bicyclic) bond motifs is 2. The first-order valence-electron chi connectivity index (χ1n) is 9.32. The van der Waals surface area contributed by atoms with Crippen LogP contribution in [0.15, 0.2) is 63.1 Å². The SMILES string of the molecule is CC1=C/C(=C/C2=NCCC3=c4ccc(C)cc4=NC23)C(C(C)C)=CC1=O. The molecule has 1 aliphatic carbocycles. The fourth-order valence-electron chi connectivity index (χ4n) is 3.93. The molecule has 1 aromatic carbocycles. The van der Waals surface area contributed by atoms with E-state index >= 15 is 0 Å². The van der Waals surface area contributed by atoms with Crippen LogP contribution in [0, 0.1) is 12.8 Å². The highest BCUT2D eigenvalue weighted by Crippen LogP contribution is 2.29. The minimum Gasteiger partial charge on any atom is -0.290 e. The minimum absolute atomic E-state index is 0.0211. The van der Waals surface area contributed by atoms with Crippen LogP contribution in [-0.2, 0) is 4.79 Å². The number of carbonyl (C=O) groups is 1. The molecule has 0 amide bonds. The van der Waals surface area contributed by atoms with Gasteiger partial charge >= 0.3 is 0 Å². The summed E-state index contributed by atoms with van der Waals surface area (Å²) in [6.45, 7) is 9.03. The minimum atomic E-state index is 0.0211. The number of allylic oxidation sites excluding steroid dienone is 5. The highest BCUT2D eigenvalue weighted by atomic mass is 16.1. The first-order chi connectivity index (χ1) is 12.4. The second-order valence-electron chi connectivity index (χ2n) is 7.68. The Morgan fingerprint density at radius 1 is 1.19 bits per heavy atom. The van der Waals surface area contributed by atoms with E-state index in [1.54, 1.807) is 6.08 Å². The van der Waals surface area contributed by atoms with E-state index in [0.29, 0.717) is 5.92 Å². The molecular formula is C23H24N2O. The van der Waals surface area contributed by atoms with Gasteiger partial charge in [0.15, 0.2) is 5.78 Å². The van der Waals surface area contributed by atoms with Crippen LogP contribution in [0.25, 0.3) is 5.57 Å². The van der Waals surface area contributed by atoms with E-state index in [2.05, 4.69) is 45.0 Å². The maximum Gasteiger partial charge on any atom is 0.181 e. The molecule has 2 aliphatic heterocycles. The van der Waals surface area contributed by atoms with E-state index in [4.69, 9.17) is 9.98 Å². The van der Waals surface area contributed by atoms with Crippen molar-refractivity contribution >= 4 is 17.1 Å². The first kappa shape index (κ1) is 16.9. The highest BCUT2D eigenvalue weighted by Gasteiger charge is 2.27. The van der Waals surface area contributed by atoms with Crippen molar-refractivity contribution < 1.29 is 4.79 Å². The van der Waals surface area contributed by atoms with Gasteiger partial charge in [-0.15, -0.1) is 0 Å². The summed E-state index contributed by atoms with van der Waals surface area (Å²) in [5.74, 6) is 0.402. The molecule has 0 fully saturated rings. The Labute approximate surface area is 154 Å². The van der Waals surface area contributed by atoms with Crippen molar-refractivity contribution in [1.29, 1.82) is 0 Å². The summed E-state index contributed by atoms with van der Waals surface area (Å²) in [6, 6.07) is 6.54. The molecule has 1 atom stereocenters. The lowest BCUT2D eigenvalue weighted by atomic mass is 9.85. The lowest BCUT2D eigenvalue weighted by Gasteiger charge is -2.22. The molecule has 26 heavy (non-hydrogen) atoms. The third-order valence-corrected chi connectivity index (χ3v) is 5.36. The van der Waals surface area contributed by atoms with Crippen molar-refractivity contribution in [1.82, 2.24) is 0 Å². The van der Waals surface area contributed by atoms with Crippen LogP contribution >= 0.6 is 0 Å². The molecule has 132 valence electrons. The number of ketones is 1. The van der Waals surface area contributed by atoms with E-state index in [9.17, 15) is 4.79 Å². The Morgan fingerprint density at radius 3 is 2.77 bits per heavy atom. The Kier molecular flexibility index (Phi) is 4.10. The van der Waals surface area contributed by atoms with Crippen molar-refractivity contribution in [3.8, 4) is 0 Å². The fourth-order valence-corrected chi connectivity index (χ4v) is 3.93. The zero-order chi connectivity index (χ0) is 18.4. The zero-order valence-electron chi connectivity index (χ0n) is 15.8. The van der Waals surface area contributed by atoms with Crippen LogP contribution in [-0.4, -0.2) is 24.1 Å². The van der Waals surface area contributed by atoms with Crippen LogP contribution < -0.4 is 10.6 Å². The Morgan fingerprint density at radius 2 is 2.00 bits per heavy atom. The van der Waals surface area contributed by atoms with Gasteiger partial charge in [0, 0.05) is 11.8 Å². The summed E-state index contributed by atoms with van der Waals surface area (Å²) in [5.41, 5.74) is 6.59. The van der Waals surface area contributed by atoms with Crippen molar-refractivity contribution in [2.75, 3.05) is 6.54 Å². The van der Waals surface area contributed by atoms with E-state index in [0.717, 1.165) is 40.8 Å². The Balaban J connectivity index is 1.80. The van der Waals surface area contributed by atoms with Crippen LogP contribution in [0.1, 0.15) is 32.8 Å². The van der Waals surface area contributed by atoms with Gasteiger partial charge in [0.05, 0.1) is 11.1 Å². The topological polar surface area (TPSA) is 41.8 Å². The van der Waals surface area contributed by atoms with Gasteiger partial charge < -0.3 is 0 Å². The average Bonchev–Trinajstić information content (AvgIpc) is 2.96. The Bertz CT molecular complexity index is 1050. The van der Waals surface area contributed by atoms with Crippen molar-refractivity contribution in [3.05, 3.63) is 69.3 Å². The predicted octanol–water partition coefficient (Wildman–Crippen LogP) is 3.03. The van der Waals surface area contributed by atoms with Gasteiger partial charge in [-0.3, -0.25) is 14.8 Å². The van der Waals surface area contributed by atoms with Gasteiger partial charge in [0.25, 0.3) is 0 Å². The molecule has 3 aliphatic rings. The molecule has 3 nitrogen and oxygen atoms in total. The number of hydrogen-bond acceptors (Lipinski definition) is 3. The van der Waals surface area contributed by atoms with Crippen molar-refractivity contribution in [2.24, 2.45) is 15.9 Å². The maximum atomic E-state index is 12.1. The van der Waals surface area contributed by atoms with Crippen LogP contribution in [0.5, 0.6) is 0 Å². The Hall–Kier alpha value is -2.55. The highest BCUT2D eigenvalue weighted by molar-refractivity contribution is 6.10. The molecule has 0 spiro atoms. The summed E-state index contributed by atoms with van der Waals surface area (Å²) in [4.78, 5) is 21.8. The van der Waals surface area contributed by atoms with Crippen LogP contribution in [0.2, 0.25) is 0 Å². The molecule has 0 aromatic heterocycles. The number of aryl methyl sites for hydroxylation is 1. The van der Waals surface area contributed by atoms with Crippen molar-refractivity contribution in [2.45, 2.75) is 40.2 Å². The molecule has 0 bridgehead atoms. The third-order valence-electron chi connectivity index (χ3n) is 5.36. The van der Waals surface area contributed by atoms with E-state index in [-0.39, 0.29) is 11.8 Å². The summed E-state index contributed by atoms with van der Waals surface area (Å²) < 4.78 is 0. The largest absolute Gasteiger partial charge is 0.290 e. The second kappa shape index (κ2) is 6.31. The summed E-state index contributed by atoms with van der Waals surface area (Å²) in [5, 5.41) is 2.36. The molecule has 2 heterocycles. The fraction of sp³-hybridized carbons (Fsp3) is 0.348. The average molecular weight is 344 g/mol. The van der Waals surface area contributed by atoms with Crippen LogP contribution in [0.4, 0.5) is 0 Å². The smallest absolute Gasteiger partial charge is 0.181 e. The van der Waals surface area contributed by atoms with Gasteiger partial charge in [0.2, 0.25) is 0 Å². The molecule has 0 N–H and O–H groups in total. The summed E-state index contributed by atoms with van der Waals surface area (Å²) in [7, 11) is 0. The van der Waals surface area contributed by atoms with Gasteiger partial charge in [-0.05, 0) is 78.3 Å². The summed E-state index contributed by atoms with van der Waals surface area (Å²) in [6.07, 6.45) is 6.90. The number of hydrogen-bond donors (Lipinski definition) is 0. The molecule has 0 saturated carbocycles. The van der Waals surface area contributed by atoms with E-state index in [1.165, 1.54) is 16.4 Å². The normalized spacial score (nSPS) is 23.3. The molecule has 0 saturated heterocycles. The summed E-state index contributed by atoms with van der Waals surface area (Å²) >= 11 is 0. The predicted molar refractivity (Wildman–Crippen MR) is 106 cm³/mol. The molecule has 0 radical (unpaired) electrons. The van der Waals surface area contributed by atoms with Crippen LogP contribution in [0.3, 0.4) is 0 Å². The first-order valence-corrected chi connectivity index (χ1v) is 9.32. The molecule has 1 aromatic rings. The zero-order valence-corrected chi connectivity index (χ0v) is 15.8. The lowest BCUT2D eigenvalue weighted by Crippen LogP contribution is -2.26. The van der Waals surface area contributed by atoms with Gasteiger partial charge in [-0.2, -0.15) is 0 Å². The number of carbonyl (C=O) groups excluding carboxylic acids is 1. The number of aliphatic imine (C=N–C) groups is 1. The number of rotatable bonds is 2. The van der Waals surface area contributed by atoms with E-state index in [1.807, 2.05) is 13.0 Å². The molecule has 4 rings (SSSR count). The van der Waals surface area contributed by atoms with E-state index < -0.39 is 0 Å². The second-order valence-corrected chi connectivity index (χ2v) is 7.68. The molecule has 1 unspecified atom stereocenters. The monoisotopic (exact) mass is 344 g/mol. The van der Waals surface area contributed by atoms with Gasteiger partial charge in [0.1, 0.15) is 6.04 Å².